The number of halogens is 2. The molecule has 0 bridgehead atoms. The number of hydrogen-bond acceptors (Lipinski definition) is 6. The number of amides is 4. The Hall–Kier alpha value is -3.67. The van der Waals surface area contributed by atoms with Gasteiger partial charge in [0.2, 0.25) is 17.7 Å². The van der Waals surface area contributed by atoms with Gasteiger partial charge in [-0.1, -0.05) is 13.8 Å². The van der Waals surface area contributed by atoms with E-state index in [4.69, 9.17) is 5.73 Å². The van der Waals surface area contributed by atoms with Crippen molar-refractivity contribution in [1.29, 1.82) is 0 Å². The molecule has 4 amide bonds. The molecule has 3 rings (SSSR count). The number of aromatic nitrogens is 1. The molecule has 4 N–H and O–H groups in total. The predicted octanol–water partition coefficient (Wildman–Crippen LogP) is 1.68. The number of likely N-dealkylation sites (tertiary alicyclic amines) is 1. The van der Waals surface area contributed by atoms with Crippen LogP contribution in [-0.4, -0.2) is 79.2 Å². The highest BCUT2D eigenvalue weighted by Crippen LogP contribution is 2.27. The summed E-state index contributed by atoms with van der Waals surface area (Å²) in [4.78, 5) is 55.9. The normalized spacial score (nSPS) is 13.9. The zero-order chi connectivity index (χ0) is 27.6. The molecule has 12 heteroatoms. The molecule has 0 unspecified atom stereocenters. The van der Waals surface area contributed by atoms with E-state index < -0.39 is 37.2 Å². The summed E-state index contributed by atoms with van der Waals surface area (Å²) in [5.74, 6) is -4.63. The first-order chi connectivity index (χ1) is 17.6. The number of anilines is 1. The molecule has 1 aromatic carbocycles. The quantitative estimate of drug-likeness (QED) is 0.460. The maximum atomic E-state index is 13.3. The van der Waals surface area contributed by atoms with Crippen molar-refractivity contribution in [2.45, 2.75) is 39.0 Å². The third-order valence-electron chi connectivity index (χ3n) is 5.69. The Morgan fingerprint density at radius 1 is 1.14 bits per heavy atom. The number of rotatable bonds is 9. The monoisotopic (exact) mass is 520 g/mol. The maximum absolute atomic E-state index is 13.3. The Balaban J connectivity index is 0.00000235. The summed E-state index contributed by atoms with van der Waals surface area (Å²) < 4.78 is 26.7. The standard InChI is InChI=1S/C23H28F2N6O4.C2H6/c1-30(20(33)5-4-19(32)28-10-8-26)15-2-3-18-17(12-15)16(6-9-27-18)22(35)29-13-21(34)31-11-7-23(24,25)14-31;1-2/h2-3,6,9,12H,4-5,7-8,10-11,13-14,26H2,1H3,(H,28,32)(H,29,35);1-2H3. The van der Waals surface area contributed by atoms with Crippen molar-refractivity contribution < 1.29 is 28.0 Å². The number of nitrogens with zero attached hydrogens (tertiary/aromatic N) is 3. The number of fused-ring (bicyclic) bond motifs is 1. The third-order valence-corrected chi connectivity index (χ3v) is 5.69. The van der Waals surface area contributed by atoms with Crippen LogP contribution in [0.4, 0.5) is 14.5 Å². The first-order valence-corrected chi connectivity index (χ1v) is 12.2. The molecule has 2 aromatic rings. The van der Waals surface area contributed by atoms with E-state index in [0.717, 1.165) is 4.90 Å². The molecule has 1 saturated heterocycles. The summed E-state index contributed by atoms with van der Waals surface area (Å²) in [7, 11) is 1.56. The molecule has 0 atom stereocenters. The zero-order valence-electron chi connectivity index (χ0n) is 21.4. The van der Waals surface area contributed by atoms with E-state index in [-0.39, 0.29) is 36.8 Å². The topological polar surface area (TPSA) is 138 Å². The van der Waals surface area contributed by atoms with E-state index in [2.05, 4.69) is 15.6 Å². The van der Waals surface area contributed by atoms with Gasteiger partial charge in [-0.3, -0.25) is 24.2 Å². The SMILES string of the molecule is CC.CN(C(=O)CCC(=O)NCCN)c1ccc2nccc(C(=O)NCC(=O)N3CCC(F)(F)C3)c2c1. The van der Waals surface area contributed by atoms with Crippen LogP contribution in [0.15, 0.2) is 30.5 Å². The van der Waals surface area contributed by atoms with E-state index in [1.165, 1.54) is 17.2 Å². The van der Waals surface area contributed by atoms with Gasteiger partial charge < -0.3 is 26.2 Å². The van der Waals surface area contributed by atoms with Crippen molar-refractivity contribution in [2.24, 2.45) is 5.73 Å². The van der Waals surface area contributed by atoms with Gasteiger partial charge >= 0.3 is 0 Å². The summed E-state index contributed by atoms with van der Waals surface area (Å²) in [6.07, 6.45) is 1.05. The van der Waals surface area contributed by atoms with Crippen LogP contribution in [0.3, 0.4) is 0 Å². The molecule has 1 aliphatic rings. The van der Waals surface area contributed by atoms with Crippen LogP contribution in [0.2, 0.25) is 0 Å². The molecule has 1 aliphatic heterocycles. The van der Waals surface area contributed by atoms with Gasteiger partial charge in [-0.2, -0.15) is 0 Å². The summed E-state index contributed by atoms with van der Waals surface area (Å²) in [5, 5.41) is 5.53. The summed E-state index contributed by atoms with van der Waals surface area (Å²) in [5.41, 5.74) is 6.54. The minimum Gasteiger partial charge on any atom is -0.355 e. The lowest BCUT2D eigenvalue weighted by atomic mass is 10.1. The highest BCUT2D eigenvalue weighted by atomic mass is 19.3. The van der Waals surface area contributed by atoms with Gasteiger partial charge in [0.05, 0.1) is 24.2 Å². The first-order valence-electron chi connectivity index (χ1n) is 12.2. The summed E-state index contributed by atoms with van der Waals surface area (Å²) >= 11 is 0. The van der Waals surface area contributed by atoms with Crippen LogP contribution < -0.4 is 21.3 Å². The molecular weight excluding hydrogens is 486 g/mol. The number of alkyl halides is 2. The van der Waals surface area contributed by atoms with Crippen LogP contribution >= 0.6 is 0 Å². The van der Waals surface area contributed by atoms with Crippen molar-refractivity contribution in [3.05, 3.63) is 36.0 Å². The third kappa shape index (κ3) is 8.17. The van der Waals surface area contributed by atoms with Gasteiger partial charge in [0.1, 0.15) is 0 Å². The van der Waals surface area contributed by atoms with Crippen LogP contribution in [0.5, 0.6) is 0 Å². The van der Waals surface area contributed by atoms with Crippen molar-refractivity contribution in [3.63, 3.8) is 0 Å². The Bertz CT molecular complexity index is 1130. The van der Waals surface area contributed by atoms with Gasteiger partial charge in [0.15, 0.2) is 0 Å². The lowest BCUT2D eigenvalue weighted by molar-refractivity contribution is -0.130. The number of pyridine rings is 1. The van der Waals surface area contributed by atoms with Gasteiger partial charge in [-0.05, 0) is 24.3 Å². The Kier molecular flexibility index (Phi) is 10.9. The second kappa shape index (κ2) is 13.6. The van der Waals surface area contributed by atoms with Crippen LogP contribution in [0.1, 0.15) is 43.5 Å². The Morgan fingerprint density at radius 2 is 1.86 bits per heavy atom. The lowest BCUT2D eigenvalue weighted by Gasteiger charge is -2.19. The molecule has 0 spiro atoms. The van der Waals surface area contributed by atoms with Gasteiger partial charge in [0, 0.05) is 63.2 Å². The predicted molar refractivity (Wildman–Crippen MR) is 136 cm³/mol. The highest BCUT2D eigenvalue weighted by molar-refractivity contribution is 6.08. The van der Waals surface area contributed by atoms with Crippen molar-refractivity contribution in [1.82, 2.24) is 20.5 Å². The lowest BCUT2D eigenvalue weighted by Crippen LogP contribution is -2.40. The molecule has 37 heavy (non-hydrogen) atoms. The second-order valence-corrected chi connectivity index (χ2v) is 8.26. The van der Waals surface area contributed by atoms with Crippen LogP contribution in [-0.2, 0) is 14.4 Å². The van der Waals surface area contributed by atoms with E-state index in [1.54, 1.807) is 25.2 Å². The van der Waals surface area contributed by atoms with Gasteiger partial charge in [-0.15, -0.1) is 0 Å². The van der Waals surface area contributed by atoms with Gasteiger partial charge in [0.25, 0.3) is 11.8 Å². The van der Waals surface area contributed by atoms with E-state index >= 15 is 0 Å². The molecule has 1 aromatic heterocycles. The molecule has 1 fully saturated rings. The molecule has 0 saturated carbocycles. The second-order valence-electron chi connectivity index (χ2n) is 8.26. The summed E-state index contributed by atoms with van der Waals surface area (Å²) in [6.45, 7) is 3.52. The van der Waals surface area contributed by atoms with Crippen molar-refractivity contribution in [3.8, 4) is 0 Å². The molecule has 2 heterocycles. The Labute approximate surface area is 214 Å². The fourth-order valence-corrected chi connectivity index (χ4v) is 3.68. The largest absolute Gasteiger partial charge is 0.355 e. The molecule has 0 radical (unpaired) electrons. The first kappa shape index (κ1) is 29.6. The van der Waals surface area contributed by atoms with Gasteiger partial charge in [-0.25, -0.2) is 8.78 Å². The van der Waals surface area contributed by atoms with Crippen molar-refractivity contribution in [2.75, 3.05) is 44.7 Å². The van der Waals surface area contributed by atoms with Crippen LogP contribution in [0.25, 0.3) is 10.9 Å². The van der Waals surface area contributed by atoms with Crippen LogP contribution in [0, 0.1) is 0 Å². The fourth-order valence-electron chi connectivity index (χ4n) is 3.68. The van der Waals surface area contributed by atoms with E-state index in [0.29, 0.717) is 29.7 Å². The average molecular weight is 521 g/mol. The average Bonchev–Trinajstić information content (AvgIpc) is 3.28. The molecular formula is C25H34F2N6O4. The highest BCUT2D eigenvalue weighted by Gasteiger charge is 2.40. The number of benzene rings is 1. The number of carbonyl (C=O) groups is 4. The number of carbonyl (C=O) groups excluding carboxylic acids is 4. The molecule has 10 nitrogen and oxygen atoms in total. The number of nitrogens with one attached hydrogen (secondary N) is 2. The Morgan fingerprint density at radius 3 is 2.51 bits per heavy atom. The number of nitrogens with two attached hydrogens (primary N) is 1. The minimum atomic E-state index is -2.91. The maximum Gasteiger partial charge on any atom is 0.267 e. The van der Waals surface area contributed by atoms with E-state index in [9.17, 15) is 28.0 Å². The van der Waals surface area contributed by atoms with Crippen molar-refractivity contribution >= 4 is 40.2 Å². The smallest absolute Gasteiger partial charge is 0.267 e. The molecule has 0 aliphatic carbocycles. The molecule has 202 valence electrons. The fraction of sp³-hybridized carbons (Fsp3) is 0.480. The summed E-state index contributed by atoms with van der Waals surface area (Å²) in [6, 6.07) is 6.41. The number of hydrogen-bond donors (Lipinski definition) is 3. The van der Waals surface area contributed by atoms with E-state index in [1.807, 2.05) is 13.8 Å². The minimum absolute atomic E-state index is 0.0109. The zero-order valence-corrected chi connectivity index (χ0v) is 21.4.